The van der Waals surface area contributed by atoms with Crippen LogP contribution in [0.15, 0.2) is 29.9 Å². The standard InChI is InChI=1S/C15H15N3O3S/c1-19-11-6-9(7-12(20-2)13(11)21-3)18-15-14-10(4-5-22-14)16-8-17-15/h4-8H,1-3H3,(H,16,17,18). The second-order valence-electron chi connectivity index (χ2n) is 4.40. The maximum absolute atomic E-state index is 5.35. The molecule has 3 rings (SSSR count). The Labute approximate surface area is 131 Å². The monoisotopic (exact) mass is 317 g/mol. The van der Waals surface area contributed by atoms with Crippen LogP contribution in [0.25, 0.3) is 10.2 Å². The molecule has 0 fully saturated rings. The molecule has 0 saturated carbocycles. The lowest BCUT2D eigenvalue weighted by atomic mass is 10.2. The van der Waals surface area contributed by atoms with E-state index in [1.54, 1.807) is 32.7 Å². The quantitative estimate of drug-likeness (QED) is 0.777. The van der Waals surface area contributed by atoms with Gasteiger partial charge in [-0.05, 0) is 11.4 Å². The van der Waals surface area contributed by atoms with Crippen LogP contribution in [-0.2, 0) is 0 Å². The number of rotatable bonds is 5. The van der Waals surface area contributed by atoms with Gasteiger partial charge in [-0.2, -0.15) is 0 Å². The van der Waals surface area contributed by atoms with E-state index in [4.69, 9.17) is 14.2 Å². The molecule has 0 aliphatic rings. The lowest BCUT2D eigenvalue weighted by Gasteiger charge is -2.15. The van der Waals surface area contributed by atoms with Crippen LogP contribution >= 0.6 is 11.3 Å². The molecule has 22 heavy (non-hydrogen) atoms. The number of methoxy groups -OCH3 is 3. The van der Waals surface area contributed by atoms with Gasteiger partial charge >= 0.3 is 0 Å². The van der Waals surface area contributed by atoms with Crippen molar-refractivity contribution in [1.82, 2.24) is 9.97 Å². The van der Waals surface area contributed by atoms with Gasteiger partial charge < -0.3 is 19.5 Å². The highest BCUT2D eigenvalue weighted by molar-refractivity contribution is 7.17. The zero-order valence-electron chi connectivity index (χ0n) is 12.4. The molecule has 114 valence electrons. The maximum atomic E-state index is 5.35. The number of benzene rings is 1. The van der Waals surface area contributed by atoms with Crippen LogP contribution in [-0.4, -0.2) is 31.3 Å². The molecular weight excluding hydrogens is 302 g/mol. The molecule has 1 N–H and O–H groups in total. The molecule has 0 radical (unpaired) electrons. The van der Waals surface area contributed by atoms with Gasteiger partial charge in [0.1, 0.15) is 6.33 Å². The van der Waals surface area contributed by atoms with E-state index in [1.165, 1.54) is 6.33 Å². The molecule has 0 spiro atoms. The van der Waals surface area contributed by atoms with Crippen molar-refractivity contribution in [3.8, 4) is 17.2 Å². The molecule has 2 aromatic heterocycles. The molecule has 1 aromatic carbocycles. The SMILES string of the molecule is COc1cc(Nc2ncnc3ccsc23)cc(OC)c1OC. The second-order valence-corrected chi connectivity index (χ2v) is 5.31. The number of fused-ring (bicyclic) bond motifs is 1. The first-order chi connectivity index (χ1) is 10.8. The van der Waals surface area contributed by atoms with Gasteiger partial charge in [0.25, 0.3) is 0 Å². The van der Waals surface area contributed by atoms with Crippen molar-refractivity contribution in [2.75, 3.05) is 26.6 Å². The fourth-order valence-electron chi connectivity index (χ4n) is 2.17. The Morgan fingerprint density at radius 3 is 2.36 bits per heavy atom. The average molecular weight is 317 g/mol. The number of aromatic nitrogens is 2. The van der Waals surface area contributed by atoms with Gasteiger partial charge in [0.05, 0.1) is 31.5 Å². The van der Waals surface area contributed by atoms with Gasteiger partial charge in [-0.1, -0.05) is 0 Å². The third-order valence-electron chi connectivity index (χ3n) is 3.17. The summed E-state index contributed by atoms with van der Waals surface area (Å²) in [7, 11) is 4.75. The van der Waals surface area contributed by atoms with Crippen LogP contribution in [0.3, 0.4) is 0 Å². The summed E-state index contributed by atoms with van der Waals surface area (Å²) in [5.74, 6) is 2.47. The molecule has 0 unspecified atom stereocenters. The summed E-state index contributed by atoms with van der Waals surface area (Å²) in [4.78, 5) is 8.53. The lowest BCUT2D eigenvalue weighted by Crippen LogP contribution is -1.99. The van der Waals surface area contributed by atoms with Crippen molar-refractivity contribution in [3.05, 3.63) is 29.9 Å². The minimum atomic E-state index is 0.555. The zero-order valence-corrected chi connectivity index (χ0v) is 13.2. The molecule has 0 amide bonds. The Hall–Kier alpha value is -2.54. The molecule has 0 aliphatic heterocycles. The van der Waals surface area contributed by atoms with E-state index in [-0.39, 0.29) is 0 Å². The topological polar surface area (TPSA) is 65.5 Å². The van der Waals surface area contributed by atoms with Crippen molar-refractivity contribution in [2.45, 2.75) is 0 Å². The van der Waals surface area contributed by atoms with E-state index in [9.17, 15) is 0 Å². The van der Waals surface area contributed by atoms with E-state index < -0.39 is 0 Å². The van der Waals surface area contributed by atoms with Crippen LogP contribution in [0.5, 0.6) is 17.2 Å². The van der Waals surface area contributed by atoms with Crippen LogP contribution < -0.4 is 19.5 Å². The number of hydrogen-bond donors (Lipinski definition) is 1. The number of hydrogen-bond acceptors (Lipinski definition) is 7. The van der Waals surface area contributed by atoms with Crippen molar-refractivity contribution in [2.24, 2.45) is 0 Å². The van der Waals surface area contributed by atoms with Crippen molar-refractivity contribution in [1.29, 1.82) is 0 Å². The van der Waals surface area contributed by atoms with Crippen molar-refractivity contribution in [3.63, 3.8) is 0 Å². The summed E-state index contributed by atoms with van der Waals surface area (Å²) in [6.45, 7) is 0. The summed E-state index contributed by atoms with van der Waals surface area (Å²) in [5.41, 5.74) is 1.71. The number of ether oxygens (including phenoxy) is 3. The lowest BCUT2D eigenvalue weighted by molar-refractivity contribution is 0.324. The van der Waals surface area contributed by atoms with Gasteiger partial charge in [0, 0.05) is 17.8 Å². The fraction of sp³-hybridized carbons (Fsp3) is 0.200. The molecular formula is C15H15N3O3S. The van der Waals surface area contributed by atoms with E-state index in [2.05, 4.69) is 15.3 Å². The van der Waals surface area contributed by atoms with Gasteiger partial charge in [-0.3, -0.25) is 0 Å². The third-order valence-corrected chi connectivity index (χ3v) is 4.08. The smallest absolute Gasteiger partial charge is 0.203 e. The normalized spacial score (nSPS) is 10.5. The summed E-state index contributed by atoms with van der Waals surface area (Å²) in [5, 5.41) is 5.26. The number of nitrogens with one attached hydrogen (secondary N) is 1. The Balaban J connectivity index is 2.03. The highest BCUT2D eigenvalue weighted by Gasteiger charge is 2.14. The van der Waals surface area contributed by atoms with Crippen LogP contribution in [0.1, 0.15) is 0 Å². The van der Waals surface area contributed by atoms with E-state index in [1.807, 2.05) is 23.6 Å². The van der Waals surface area contributed by atoms with Gasteiger partial charge in [0.15, 0.2) is 17.3 Å². The molecule has 0 atom stereocenters. The minimum Gasteiger partial charge on any atom is -0.493 e. The summed E-state index contributed by atoms with van der Waals surface area (Å²) < 4.78 is 17.0. The Bertz CT molecular complexity index is 779. The molecule has 7 heteroatoms. The average Bonchev–Trinajstić information content (AvgIpc) is 3.03. The summed E-state index contributed by atoms with van der Waals surface area (Å²) in [6.07, 6.45) is 1.54. The maximum Gasteiger partial charge on any atom is 0.203 e. The van der Waals surface area contributed by atoms with Gasteiger partial charge in [-0.25, -0.2) is 9.97 Å². The van der Waals surface area contributed by atoms with Crippen LogP contribution in [0.4, 0.5) is 11.5 Å². The Morgan fingerprint density at radius 1 is 1.00 bits per heavy atom. The van der Waals surface area contributed by atoms with Gasteiger partial charge in [-0.15, -0.1) is 11.3 Å². The molecule has 2 heterocycles. The Kier molecular flexibility index (Phi) is 3.97. The first-order valence-corrected chi connectivity index (χ1v) is 7.40. The first-order valence-electron chi connectivity index (χ1n) is 6.52. The zero-order chi connectivity index (χ0) is 15.5. The van der Waals surface area contributed by atoms with Crippen LogP contribution in [0.2, 0.25) is 0 Å². The highest BCUT2D eigenvalue weighted by atomic mass is 32.1. The van der Waals surface area contributed by atoms with Crippen molar-refractivity contribution >= 4 is 33.1 Å². The second kappa shape index (κ2) is 6.07. The predicted octanol–water partition coefficient (Wildman–Crippen LogP) is 3.46. The van der Waals surface area contributed by atoms with Crippen LogP contribution in [0, 0.1) is 0 Å². The minimum absolute atomic E-state index is 0.555. The van der Waals surface area contributed by atoms with E-state index >= 15 is 0 Å². The predicted molar refractivity (Wildman–Crippen MR) is 86.8 cm³/mol. The summed E-state index contributed by atoms with van der Waals surface area (Å²) >= 11 is 1.59. The molecule has 0 bridgehead atoms. The molecule has 0 saturated heterocycles. The number of nitrogens with zero attached hydrogens (tertiary/aromatic N) is 2. The molecule has 6 nitrogen and oxygen atoms in total. The van der Waals surface area contributed by atoms with E-state index in [0.717, 1.165) is 21.7 Å². The number of thiophene rings is 1. The molecule has 3 aromatic rings. The highest BCUT2D eigenvalue weighted by Crippen LogP contribution is 2.41. The molecule has 0 aliphatic carbocycles. The third kappa shape index (κ3) is 2.50. The Morgan fingerprint density at radius 2 is 1.73 bits per heavy atom. The number of anilines is 2. The summed E-state index contributed by atoms with van der Waals surface area (Å²) in [6, 6.07) is 5.63. The first kappa shape index (κ1) is 14.4. The van der Waals surface area contributed by atoms with Gasteiger partial charge in [0.2, 0.25) is 5.75 Å². The fourth-order valence-corrected chi connectivity index (χ4v) is 2.96. The van der Waals surface area contributed by atoms with E-state index in [0.29, 0.717) is 17.2 Å². The van der Waals surface area contributed by atoms with Crippen molar-refractivity contribution < 1.29 is 14.2 Å². The largest absolute Gasteiger partial charge is 0.493 e.